The molecule has 1 aromatic rings. The Morgan fingerprint density at radius 1 is 1.12 bits per heavy atom. The van der Waals surface area contributed by atoms with Crippen LogP contribution in [0.25, 0.3) is 0 Å². The van der Waals surface area contributed by atoms with Crippen molar-refractivity contribution in [3.8, 4) is 0 Å². The largest absolute Gasteiger partial charge is 0.336 e. The minimum Gasteiger partial charge on any atom is -0.336 e. The van der Waals surface area contributed by atoms with Gasteiger partial charge in [-0.25, -0.2) is 13.2 Å². The summed E-state index contributed by atoms with van der Waals surface area (Å²) in [6.07, 6.45) is 0.635. The highest BCUT2D eigenvalue weighted by Crippen LogP contribution is 2.22. The van der Waals surface area contributed by atoms with Gasteiger partial charge in [0.2, 0.25) is 10.0 Å². The number of rotatable bonds is 3. The normalized spacial score (nSPS) is 17.0. The van der Waals surface area contributed by atoms with E-state index in [1.807, 2.05) is 39.8 Å². The number of carbonyl (C=O) groups is 1. The Morgan fingerprint density at radius 3 is 2.46 bits per heavy atom. The lowest BCUT2D eigenvalue weighted by Crippen LogP contribution is -2.44. The fourth-order valence-electron chi connectivity index (χ4n) is 2.90. The van der Waals surface area contributed by atoms with E-state index in [0.29, 0.717) is 37.5 Å². The van der Waals surface area contributed by atoms with E-state index >= 15 is 0 Å². The maximum absolute atomic E-state index is 12.9. The quantitative estimate of drug-likeness (QED) is 0.905. The fraction of sp³-hybridized carbons (Fsp3) is 0.588. The Kier molecular flexibility index (Phi) is 5.87. The molecule has 2 rings (SSSR count). The summed E-state index contributed by atoms with van der Waals surface area (Å²) in [5, 5.41) is 2.86. The van der Waals surface area contributed by atoms with Crippen LogP contribution in [0.3, 0.4) is 0 Å². The van der Waals surface area contributed by atoms with Gasteiger partial charge in [-0.15, -0.1) is 0 Å². The van der Waals surface area contributed by atoms with Crippen LogP contribution >= 0.6 is 0 Å². The Labute approximate surface area is 144 Å². The number of benzene rings is 1. The molecule has 1 N–H and O–H groups in total. The van der Waals surface area contributed by atoms with E-state index in [2.05, 4.69) is 5.32 Å². The molecular weight excluding hydrogens is 326 g/mol. The third-order valence-electron chi connectivity index (χ3n) is 4.10. The van der Waals surface area contributed by atoms with Gasteiger partial charge in [-0.1, -0.05) is 17.7 Å². The Balaban J connectivity index is 2.14. The van der Waals surface area contributed by atoms with Crippen molar-refractivity contribution in [2.45, 2.75) is 45.1 Å². The van der Waals surface area contributed by atoms with Crippen molar-refractivity contribution in [1.82, 2.24) is 14.5 Å². The molecule has 1 saturated heterocycles. The minimum atomic E-state index is -3.53. The number of aryl methyl sites for hydroxylation is 2. The van der Waals surface area contributed by atoms with E-state index in [0.717, 1.165) is 11.1 Å². The van der Waals surface area contributed by atoms with Gasteiger partial charge in [0.15, 0.2) is 0 Å². The first-order valence-electron chi connectivity index (χ1n) is 8.34. The third-order valence-corrected chi connectivity index (χ3v) is 6.16. The van der Waals surface area contributed by atoms with Crippen molar-refractivity contribution in [2.75, 3.05) is 26.2 Å². The molecule has 0 unspecified atom stereocenters. The smallest absolute Gasteiger partial charge is 0.317 e. The molecule has 0 radical (unpaired) electrons. The molecule has 0 atom stereocenters. The highest BCUT2D eigenvalue weighted by Gasteiger charge is 2.29. The lowest BCUT2D eigenvalue weighted by atomic mass is 10.2. The first-order chi connectivity index (χ1) is 11.2. The van der Waals surface area contributed by atoms with Crippen molar-refractivity contribution in [3.63, 3.8) is 0 Å². The number of hydrogen-bond acceptors (Lipinski definition) is 3. The average Bonchev–Trinajstić information content (AvgIpc) is 2.72. The lowest BCUT2D eigenvalue weighted by Gasteiger charge is -2.23. The molecule has 24 heavy (non-hydrogen) atoms. The molecule has 0 saturated carbocycles. The SMILES string of the molecule is Cc1ccc(S(=O)(=O)N2CCCN(C(=O)NC(C)C)CC2)c(C)c1. The topological polar surface area (TPSA) is 69.7 Å². The zero-order valence-electron chi connectivity index (χ0n) is 14.9. The van der Waals surface area contributed by atoms with Gasteiger partial charge in [0.1, 0.15) is 0 Å². The highest BCUT2D eigenvalue weighted by molar-refractivity contribution is 7.89. The molecule has 1 aliphatic rings. The van der Waals surface area contributed by atoms with Crippen LogP contribution in [-0.4, -0.2) is 55.9 Å². The summed E-state index contributed by atoms with van der Waals surface area (Å²) < 4.78 is 27.4. The van der Waals surface area contributed by atoms with Gasteiger partial charge in [0.05, 0.1) is 4.90 Å². The lowest BCUT2D eigenvalue weighted by molar-refractivity contribution is 0.198. The van der Waals surface area contributed by atoms with Gasteiger partial charge < -0.3 is 10.2 Å². The van der Waals surface area contributed by atoms with E-state index < -0.39 is 10.0 Å². The molecule has 7 heteroatoms. The summed E-state index contributed by atoms with van der Waals surface area (Å²) in [7, 11) is -3.53. The minimum absolute atomic E-state index is 0.0656. The molecule has 0 aromatic heterocycles. The van der Waals surface area contributed by atoms with E-state index in [-0.39, 0.29) is 12.1 Å². The van der Waals surface area contributed by atoms with E-state index in [4.69, 9.17) is 0 Å². The first-order valence-corrected chi connectivity index (χ1v) is 9.78. The summed E-state index contributed by atoms with van der Waals surface area (Å²) in [5.41, 5.74) is 1.80. The van der Waals surface area contributed by atoms with Crippen LogP contribution in [-0.2, 0) is 10.0 Å². The second-order valence-corrected chi connectivity index (χ2v) is 8.52. The first kappa shape index (κ1) is 18.7. The predicted octanol–water partition coefficient (Wildman–Crippen LogP) is 2.12. The predicted molar refractivity (Wildman–Crippen MR) is 94.5 cm³/mol. The fourth-order valence-corrected chi connectivity index (χ4v) is 4.58. The van der Waals surface area contributed by atoms with Crippen LogP contribution in [0.15, 0.2) is 23.1 Å². The number of urea groups is 1. The molecule has 0 bridgehead atoms. The van der Waals surface area contributed by atoms with E-state index in [9.17, 15) is 13.2 Å². The monoisotopic (exact) mass is 353 g/mol. The number of nitrogens with zero attached hydrogens (tertiary/aromatic N) is 2. The second kappa shape index (κ2) is 7.53. The molecular formula is C17H27N3O3S. The van der Waals surface area contributed by atoms with Crippen molar-refractivity contribution in [3.05, 3.63) is 29.3 Å². The summed E-state index contributed by atoms with van der Waals surface area (Å²) in [6, 6.07) is 5.31. The third kappa shape index (κ3) is 4.27. The summed E-state index contributed by atoms with van der Waals surface area (Å²) in [6.45, 7) is 9.31. The summed E-state index contributed by atoms with van der Waals surface area (Å²) in [5.74, 6) is 0. The zero-order chi connectivity index (χ0) is 17.9. The molecule has 1 aliphatic heterocycles. The number of sulfonamides is 1. The zero-order valence-corrected chi connectivity index (χ0v) is 15.7. The van der Waals surface area contributed by atoms with Gasteiger partial charge >= 0.3 is 6.03 Å². The molecule has 6 nitrogen and oxygen atoms in total. The van der Waals surface area contributed by atoms with Crippen molar-refractivity contribution in [1.29, 1.82) is 0 Å². The maximum Gasteiger partial charge on any atom is 0.317 e. The van der Waals surface area contributed by atoms with Gasteiger partial charge in [0.25, 0.3) is 0 Å². The molecule has 1 heterocycles. The van der Waals surface area contributed by atoms with Gasteiger partial charge in [-0.3, -0.25) is 0 Å². The van der Waals surface area contributed by atoms with Crippen molar-refractivity contribution >= 4 is 16.1 Å². The van der Waals surface area contributed by atoms with Crippen LogP contribution in [0, 0.1) is 13.8 Å². The van der Waals surface area contributed by atoms with Crippen LogP contribution in [0.1, 0.15) is 31.4 Å². The maximum atomic E-state index is 12.9. The van der Waals surface area contributed by atoms with Crippen LogP contribution < -0.4 is 5.32 Å². The summed E-state index contributed by atoms with van der Waals surface area (Å²) in [4.78, 5) is 14.2. The highest BCUT2D eigenvalue weighted by atomic mass is 32.2. The average molecular weight is 353 g/mol. The molecule has 2 amide bonds. The number of carbonyl (C=O) groups excluding carboxylic acids is 1. The summed E-state index contributed by atoms with van der Waals surface area (Å²) >= 11 is 0. The van der Waals surface area contributed by atoms with E-state index in [1.165, 1.54) is 4.31 Å². The van der Waals surface area contributed by atoms with E-state index in [1.54, 1.807) is 11.0 Å². The Morgan fingerprint density at radius 2 is 1.83 bits per heavy atom. The van der Waals surface area contributed by atoms with Gasteiger partial charge in [-0.2, -0.15) is 4.31 Å². The number of nitrogens with one attached hydrogen (secondary N) is 1. The van der Waals surface area contributed by atoms with Crippen LogP contribution in [0.4, 0.5) is 4.79 Å². The molecule has 1 aromatic carbocycles. The number of amides is 2. The molecule has 134 valence electrons. The standard InChI is InChI=1S/C17H27N3O3S/c1-13(2)18-17(21)19-8-5-9-20(11-10-19)24(22,23)16-7-6-14(3)12-15(16)4/h6-7,12-13H,5,8-11H2,1-4H3,(H,18,21). The van der Waals surface area contributed by atoms with Crippen molar-refractivity contribution in [2.24, 2.45) is 0 Å². The van der Waals surface area contributed by atoms with Gasteiger partial charge in [-0.05, 0) is 45.7 Å². The van der Waals surface area contributed by atoms with Crippen LogP contribution in [0.5, 0.6) is 0 Å². The van der Waals surface area contributed by atoms with Crippen molar-refractivity contribution < 1.29 is 13.2 Å². The number of hydrogen-bond donors (Lipinski definition) is 1. The molecule has 0 aliphatic carbocycles. The Hall–Kier alpha value is -1.60. The molecule has 0 spiro atoms. The Bertz CT molecular complexity index is 701. The molecule has 1 fully saturated rings. The van der Waals surface area contributed by atoms with Crippen LogP contribution in [0.2, 0.25) is 0 Å². The second-order valence-electron chi connectivity index (χ2n) is 6.62. The van der Waals surface area contributed by atoms with Gasteiger partial charge in [0, 0.05) is 32.2 Å².